The molecule has 2 aliphatic rings. The fourth-order valence-corrected chi connectivity index (χ4v) is 3.99. The van der Waals surface area contributed by atoms with Crippen molar-refractivity contribution in [3.05, 3.63) is 12.2 Å². The maximum atomic E-state index is 11.7. The summed E-state index contributed by atoms with van der Waals surface area (Å²) in [5.41, 5.74) is 5.17. The molecule has 1 aliphatic carbocycles. The lowest BCUT2D eigenvalue weighted by Crippen LogP contribution is -2.46. The topological polar surface area (TPSA) is 168 Å². The standard InChI is InChI=1S/C13H24N2O3S.C8H13N3O3.C5H12O.C2H6/c1-4-5-6-7-8-9-11-10-12(11)13(16)14-19(17,18)15(2)3;9-8(14)6-2-1-3-11(6)7(13)4-10-5-12;1-5(2,3)6-4;1-2/h8-9,11-12H,4-7,10H2,1-3H3,(H,14,16);5-6H,1-4H2,(H2,9,14)(H,10,12);1-4H3;1-2H3/b9-8-;;;. The molecular formula is C28H55N5O7S. The molecule has 1 heterocycles. The molecule has 1 saturated carbocycles. The number of primary amides is 1. The van der Waals surface area contributed by atoms with Crippen molar-refractivity contribution in [1.29, 1.82) is 0 Å². The van der Waals surface area contributed by atoms with E-state index in [1.165, 1.54) is 38.3 Å². The Bertz CT molecular complexity index is 917. The number of rotatable bonds is 12. The van der Waals surface area contributed by atoms with E-state index in [-0.39, 0.29) is 29.9 Å². The minimum absolute atomic E-state index is 0.0417. The predicted octanol–water partition coefficient (Wildman–Crippen LogP) is 2.35. The molecule has 1 aliphatic heterocycles. The summed E-state index contributed by atoms with van der Waals surface area (Å²) in [6, 6.07) is -0.504. The first kappa shape index (κ1) is 40.6. The van der Waals surface area contributed by atoms with Gasteiger partial charge in [-0.1, -0.05) is 45.8 Å². The number of hydrogen-bond donors (Lipinski definition) is 3. The summed E-state index contributed by atoms with van der Waals surface area (Å²) < 4.78 is 31.0. The fraction of sp³-hybridized carbons (Fsp3) is 0.786. The zero-order valence-electron chi connectivity index (χ0n) is 26.6. The summed E-state index contributed by atoms with van der Waals surface area (Å²) in [5.74, 6) is -1.12. The number of ether oxygens (including phenoxy) is 1. The monoisotopic (exact) mass is 605 g/mol. The van der Waals surface area contributed by atoms with Crippen LogP contribution in [0.15, 0.2) is 12.2 Å². The Hall–Kier alpha value is -2.51. The molecule has 0 radical (unpaired) electrons. The minimum atomic E-state index is -3.65. The third-order valence-electron chi connectivity index (χ3n) is 6.10. The van der Waals surface area contributed by atoms with Gasteiger partial charge >= 0.3 is 10.2 Å². The average Bonchev–Trinajstić information content (AvgIpc) is 3.51. The van der Waals surface area contributed by atoms with Crippen LogP contribution in [0.25, 0.3) is 0 Å². The van der Waals surface area contributed by atoms with Gasteiger partial charge in [-0.05, 0) is 58.8 Å². The number of carbonyl (C=O) groups excluding carboxylic acids is 4. The summed E-state index contributed by atoms with van der Waals surface area (Å²) in [7, 11) is 0.853. The number of unbranched alkanes of at least 4 members (excludes halogenated alkanes) is 3. The lowest BCUT2D eigenvalue weighted by atomic mass is 10.2. The van der Waals surface area contributed by atoms with Gasteiger partial charge in [0.25, 0.3) is 0 Å². The van der Waals surface area contributed by atoms with Crippen LogP contribution >= 0.6 is 0 Å². The molecule has 41 heavy (non-hydrogen) atoms. The van der Waals surface area contributed by atoms with Crippen molar-refractivity contribution in [1.82, 2.24) is 19.2 Å². The molecule has 13 heteroatoms. The Morgan fingerprint density at radius 1 is 1.15 bits per heavy atom. The number of amides is 4. The molecule has 4 amide bonds. The number of nitrogens with one attached hydrogen (secondary N) is 2. The zero-order chi connectivity index (χ0) is 32.2. The molecule has 3 atom stereocenters. The molecule has 12 nitrogen and oxygen atoms in total. The molecule has 2 fully saturated rings. The van der Waals surface area contributed by atoms with Gasteiger partial charge in [-0.25, -0.2) is 4.72 Å². The first-order valence-corrected chi connectivity index (χ1v) is 15.8. The van der Waals surface area contributed by atoms with Crippen molar-refractivity contribution in [2.24, 2.45) is 17.6 Å². The second-order valence-corrected chi connectivity index (χ2v) is 12.5. The maximum Gasteiger partial charge on any atom is 0.303 e. The Kier molecular flexibility index (Phi) is 21.0. The highest BCUT2D eigenvalue weighted by molar-refractivity contribution is 7.87. The van der Waals surface area contributed by atoms with Crippen LogP contribution in [0.4, 0.5) is 0 Å². The molecule has 1 saturated heterocycles. The third-order valence-corrected chi connectivity index (χ3v) is 7.52. The molecular weight excluding hydrogens is 550 g/mol. The summed E-state index contributed by atoms with van der Waals surface area (Å²) in [6.07, 6.45) is 11.4. The predicted molar refractivity (Wildman–Crippen MR) is 162 cm³/mol. The number of allylic oxidation sites excluding steroid dienone is 2. The average molecular weight is 606 g/mol. The van der Waals surface area contributed by atoms with Crippen molar-refractivity contribution in [2.45, 2.75) is 98.1 Å². The fourth-order valence-electron chi connectivity index (χ4n) is 3.40. The Balaban J connectivity index is 0. The number of nitrogens with two attached hydrogens (primary N) is 1. The van der Waals surface area contributed by atoms with Gasteiger partial charge in [-0.15, -0.1) is 0 Å². The van der Waals surface area contributed by atoms with Gasteiger partial charge in [-0.3, -0.25) is 19.2 Å². The van der Waals surface area contributed by atoms with Gasteiger partial charge < -0.3 is 20.7 Å². The lowest BCUT2D eigenvalue weighted by Gasteiger charge is -2.21. The minimum Gasteiger partial charge on any atom is -0.379 e. The van der Waals surface area contributed by atoms with E-state index in [1.807, 2.05) is 40.7 Å². The van der Waals surface area contributed by atoms with E-state index in [1.54, 1.807) is 7.11 Å². The van der Waals surface area contributed by atoms with Gasteiger partial charge in [0, 0.05) is 33.7 Å². The quantitative estimate of drug-likeness (QED) is 0.174. The van der Waals surface area contributed by atoms with E-state index in [4.69, 9.17) is 10.5 Å². The first-order chi connectivity index (χ1) is 19.1. The Morgan fingerprint density at radius 3 is 2.20 bits per heavy atom. The number of likely N-dealkylation sites (tertiary alicyclic amines) is 1. The summed E-state index contributed by atoms with van der Waals surface area (Å²) in [6.45, 7) is 12.7. The molecule has 0 aromatic carbocycles. The van der Waals surface area contributed by atoms with Gasteiger partial charge in [0.2, 0.25) is 24.1 Å². The highest BCUT2D eigenvalue weighted by Gasteiger charge is 2.42. The SMILES string of the molecule is CC.CCCCC/C=C\C1CC1C(=O)NS(=O)(=O)N(C)C.COC(C)(C)C.NC(=O)C1CCCN1C(=O)CNC=O. The highest BCUT2D eigenvalue weighted by Crippen LogP contribution is 2.40. The molecule has 4 N–H and O–H groups in total. The van der Waals surface area contributed by atoms with Crippen molar-refractivity contribution >= 4 is 34.3 Å². The molecule has 3 unspecified atom stereocenters. The van der Waals surface area contributed by atoms with Crippen molar-refractivity contribution in [3.8, 4) is 0 Å². The molecule has 2 rings (SSSR count). The number of nitrogens with zero attached hydrogens (tertiary/aromatic N) is 2. The van der Waals surface area contributed by atoms with Crippen molar-refractivity contribution in [3.63, 3.8) is 0 Å². The van der Waals surface area contributed by atoms with Crippen molar-refractivity contribution in [2.75, 3.05) is 34.3 Å². The molecule has 240 valence electrons. The summed E-state index contributed by atoms with van der Waals surface area (Å²) in [4.78, 5) is 45.4. The van der Waals surface area contributed by atoms with Gasteiger partial charge in [0.1, 0.15) is 6.04 Å². The van der Waals surface area contributed by atoms with Crippen LogP contribution in [0.3, 0.4) is 0 Å². The van der Waals surface area contributed by atoms with Crippen molar-refractivity contribution < 1.29 is 32.3 Å². The van der Waals surface area contributed by atoms with Crippen LogP contribution in [0.5, 0.6) is 0 Å². The normalized spacial score (nSPS) is 19.6. The van der Waals surface area contributed by atoms with Crippen LogP contribution in [0.1, 0.15) is 86.5 Å². The van der Waals surface area contributed by atoms with E-state index < -0.39 is 28.1 Å². The summed E-state index contributed by atoms with van der Waals surface area (Å²) >= 11 is 0. The summed E-state index contributed by atoms with van der Waals surface area (Å²) in [5, 5.41) is 2.26. The van der Waals surface area contributed by atoms with Crippen LogP contribution in [-0.4, -0.2) is 87.7 Å². The van der Waals surface area contributed by atoms with Crippen LogP contribution in [0.2, 0.25) is 0 Å². The van der Waals surface area contributed by atoms with Gasteiger partial charge in [0.05, 0.1) is 12.1 Å². The van der Waals surface area contributed by atoms with Crippen LogP contribution in [-0.2, 0) is 34.1 Å². The molecule has 0 bridgehead atoms. The highest BCUT2D eigenvalue weighted by atomic mass is 32.2. The largest absolute Gasteiger partial charge is 0.379 e. The van der Waals surface area contributed by atoms with Crippen LogP contribution in [0, 0.1) is 11.8 Å². The molecule has 0 spiro atoms. The van der Waals surface area contributed by atoms with E-state index in [2.05, 4.69) is 23.0 Å². The van der Waals surface area contributed by atoms with E-state index in [9.17, 15) is 27.6 Å². The van der Waals surface area contributed by atoms with Crippen LogP contribution < -0.4 is 15.8 Å². The number of hydrogen-bond acceptors (Lipinski definition) is 7. The smallest absolute Gasteiger partial charge is 0.303 e. The zero-order valence-corrected chi connectivity index (χ0v) is 27.4. The lowest BCUT2D eigenvalue weighted by molar-refractivity contribution is -0.137. The third kappa shape index (κ3) is 18.5. The Labute approximate surface area is 248 Å². The first-order valence-electron chi connectivity index (χ1n) is 14.3. The van der Waals surface area contributed by atoms with E-state index in [0.29, 0.717) is 19.4 Å². The number of carbonyl (C=O) groups is 4. The molecule has 0 aromatic heterocycles. The van der Waals surface area contributed by atoms with Gasteiger partial charge in [-0.2, -0.15) is 12.7 Å². The molecule has 0 aromatic rings. The second kappa shape index (κ2) is 21.2. The van der Waals surface area contributed by atoms with E-state index in [0.717, 1.165) is 23.6 Å². The van der Waals surface area contributed by atoms with Gasteiger partial charge in [0.15, 0.2) is 0 Å². The maximum absolute atomic E-state index is 11.7. The second-order valence-electron chi connectivity index (χ2n) is 10.6. The number of methoxy groups -OCH3 is 1. The van der Waals surface area contributed by atoms with E-state index >= 15 is 0 Å². The Morgan fingerprint density at radius 2 is 1.73 bits per heavy atom.